The van der Waals surface area contributed by atoms with E-state index < -0.39 is 6.04 Å². The van der Waals surface area contributed by atoms with Gasteiger partial charge in [-0.3, -0.25) is 19.5 Å². The van der Waals surface area contributed by atoms with Crippen LogP contribution in [0.1, 0.15) is 71.7 Å². The zero-order valence-electron chi connectivity index (χ0n) is 18.4. The predicted molar refractivity (Wildman–Crippen MR) is 127 cm³/mol. The molecule has 170 valence electrons. The van der Waals surface area contributed by atoms with Crippen LogP contribution in [0.3, 0.4) is 0 Å². The van der Waals surface area contributed by atoms with Gasteiger partial charge in [-0.25, -0.2) is 0 Å². The van der Waals surface area contributed by atoms with E-state index in [4.69, 9.17) is 0 Å². The van der Waals surface area contributed by atoms with Crippen LogP contribution in [-0.4, -0.2) is 32.4 Å². The van der Waals surface area contributed by atoms with Crippen molar-refractivity contribution < 1.29 is 9.59 Å². The van der Waals surface area contributed by atoms with Crippen molar-refractivity contribution in [2.24, 2.45) is 0 Å². The number of carbonyl (C=O) groups excluding carboxylic acids is 2. The molecule has 8 heteroatoms. The zero-order chi connectivity index (χ0) is 22.6. The van der Waals surface area contributed by atoms with Crippen LogP contribution in [0.25, 0.3) is 0 Å². The standard InChI is InChI=1S/C25H27N5O2S/c31-24(27-19-8-2-3-9-19)23(18-12-14-26-15-13-18)30(25(32)21-16-33-29-28-21)22-11-5-7-17-6-1-4-10-20(17)22/h5,7,11-16,19,23H,1-4,6,8-10H2,(H,27,31)/t23-/m1/s1. The molecule has 1 atom stereocenters. The minimum Gasteiger partial charge on any atom is -0.351 e. The summed E-state index contributed by atoms with van der Waals surface area (Å²) < 4.78 is 3.90. The largest absolute Gasteiger partial charge is 0.351 e. The molecule has 0 radical (unpaired) electrons. The van der Waals surface area contributed by atoms with Crippen LogP contribution in [0, 0.1) is 0 Å². The highest BCUT2D eigenvalue weighted by Gasteiger charge is 2.37. The second-order valence-electron chi connectivity index (χ2n) is 8.76. The molecule has 0 saturated heterocycles. The molecule has 2 aromatic heterocycles. The van der Waals surface area contributed by atoms with Crippen LogP contribution < -0.4 is 10.2 Å². The Balaban J connectivity index is 1.63. The molecule has 5 rings (SSSR count). The minimum atomic E-state index is -0.823. The second kappa shape index (κ2) is 9.79. The van der Waals surface area contributed by atoms with Gasteiger partial charge >= 0.3 is 0 Å². The Kier molecular flexibility index (Phi) is 6.44. The monoisotopic (exact) mass is 461 g/mol. The molecule has 3 aromatic rings. The summed E-state index contributed by atoms with van der Waals surface area (Å²) in [5.41, 5.74) is 4.16. The summed E-state index contributed by atoms with van der Waals surface area (Å²) in [4.78, 5) is 33.5. The van der Waals surface area contributed by atoms with Crippen molar-refractivity contribution in [1.82, 2.24) is 19.9 Å². The lowest BCUT2D eigenvalue weighted by molar-refractivity contribution is -0.123. The molecule has 0 unspecified atom stereocenters. The average molecular weight is 462 g/mol. The van der Waals surface area contributed by atoms with E-state index in [0.717, 1.165) is 79.7 Å². The van der Waals surface area contributed by atoms with E-state index in [0.29, 0.717) is 0 Å². The molecular formula is C25H27N5O2S. The van der Waals surface area contributed by atoms with Crippen molar-refractivity contribution in [2.75, 3.05) is 4.90 Å². The number of aromatic nitrogens is 3. The number of fused-ring (bicyclic) bond motifs is 1. The molecule has 2 aliphatic rings. The molecule has 33 heavy (non-hydrogen) atoms. The van der Waals surface area contributed by atoms with Gasteiger partial charge in [0.1, 0.15) is 6.04 Å². The van der Waals surface area contributed by atoms with E-state index in [1.165, 1.54) is 5.56 Å². The van der Waals surface area contributed by atoms with Gasteiger partial charge in [0.25, 0.3) is 5.91 Å². The number of nitrogens with zero attached hydrogens (tertiary/aromatic N) is 4. The first kappa shape index (κ1) is 21.7. The van der Waals surface area contributed by atoms with E-state index in [9.17, 15) is 9.59 Å². The van der Waals surface area contributed by atoms with E-state index >= 15 is 0 Å². The first-order valence-electron chi connectivity index (χ1n) is 11.6. The van der Waals surface area contributed by atoms with Gasteiger partial charge in [0.2, 0.25) is 5.91 Å². The Morgan fingerprint density at radius 1 is 1.03 bits per heavy atom. The molecular weight excluding hydrogens is 434 g/mol. The fourth-order valence-electron chi connectivity index (χ4n) is 5.05. The summed E-state index contributed by atoms with van der Waals surface area (Å²) in [6.45, 7) is 0. The number of amides is 2. The quantitative estimate of drug-likeness (QED) is 0.593. The number of hydrogen-bond acceptors (Lipinski definition) is 6. The summed E-state index contributed by atoms with van der Waals surface area (Å²) in [6.07, 6.45) is 11.6. The summed E-state index contributed by atoms with van der Waals surface area (Å²) in [5.74, 6) is -0.482. The smallest absolute Gasteiger partial charge is 0.280 e. The summed E-state index contributed by atoms with van der Waals surface area (Å²) in [7, 11) is 0. The number of anilines is 1. The first-order valence-corrected chi connectivity index (χ1v) is 12.5. The van der Waals surface area contributed by atoms with Gasteiger partial charge in [0.15, 0.2) is 5.69 Å². The molecule has 2 amide bonds. The maximum Gasteiger partial charge on any atom is 0.280 e. The molecule has 1 fully saturated rings. The summed E-state index contributed by atoms with van der Waals surface area (Å²) in [6, 6.07) is 9.02. The molecule has 2 heterocycles. The number of aryl methyl sites for hydroxylation is 1. The van der Waals surface area contributed by atoms with Gasteiger partial charge in [0, 0.05) is 29.5 Å². The van der Waals surface area contributed by atoms with Crippen LogP contribution in [0.5, 0.6) is 0 Å². The number of pyridine rings is 1. The number of carbonyl (C=O) groups is 2. The SMILES string of the molecule is O=C(NC1CCCC1)[C@@H](c1ccncc1)N(C(=O)c1csnn1)c1cccc2c1CCCC2. The average Bonchev–Trinajstić information content (AvgIpc) is 3.57. The third kappa shape index (κ3) is 4.53. The molecule has 0 aliphatic heterocycles. The van der Waals surface area contributed by atoms with Crippen molar-refractivity contribution in [3.63, 3.8) is 0 Å². The highest BCUT2D eigenvalue weighted by molar-refractivity contribution is 7.03. The van der Waals surface area contributed by atoms with Crippen molar-refractivity contribution in [2.45, 2.75) is 63.5 Å². The zero-order valence-corrected chi connectivity index (χ0v) is 19.3. The third-order valence-electron chi connectivity index (χ3n) is 6.66. The molecule has 1 N–H and O–H groups in total. The van der Waals surface area contributed by atoms with Crippen molar-refractivity contribution in [1.29, 1.82) is 0 Å². The minimum absolute atomic E-state index is 0.143. The number of hydrogen-bond donors (Lipinski definition) is 1. The Hall–Kier alpha value is -3.13. The topological polar surface area (TPSA) is 88.1 Å². The fraction of sp³-hybridized carbons (Fsp3) is 0.400. The highest BCUT2D eigenvalue weighted by atomic mass is 32.1. The van der Waals surface area contributed by atoms with Crippen molar-refractivity contribution in [3.8, 4) is 0 Å². The third-order valence-corrected chi connectivity index (χ3v) is 7.16. The van der Waals surface area contributed by atoms with E-state index in [-0.39, 0.29) is 23.6 Å². The number of benzene rings is 1. The molecule has 0 spiro atoms. The maximum atomic E-state index is 13.9. The second-order valence-corrected chi connectivity index (χ2v) is 9.37. The van der Waals surface area contributed by atoms with E-state index in [2.05, 4.69) is 26.0 Å². The predicted octanol–water partition coefficient (Wildman–Crippen LogP) is 4.26. The van der Waals surface area contributed by atoms with Gasteiger partial charge in [-0.2, -0.15) is 0 Å². The lowest BCUT2D eigenvalue weighted by atomic mass is 9.89. The lowest BCUT2D eigenvalue weighted by Crippen LogP contribution is -2.47. The van der Waals surface area contributed by atoms with Crippen molar-refractivity contribution in [3.05, 3.63) is 70.5 Å². The Bertz CT molecular complexity index is 1110. The molecule has 1 saturated carbocycles. The lowest BCUT2D eigenvalue weighted by Gasteiger charge is -2.34. The van der Waals surface area contributed by atoms with Crippen LogP contribution in [0.15, 0.2) is 48.1 Å². The van der Waals surface area contributed by atoms with Gasteiger partial charge in [-0.05, 0) is 84.9 Å². The van der Waals surface area contributed by atoms with Gasteiger partial charge in [-0.15, -0.1) is 5.10 Å². The Labute approximate surface area is 197 Å². The van der Waals surface area contributed by atoms with Crippen LogP contribution in [-0.2, 0) is 17.6 Å². The van der Waals surface area contributed by atoms with Crippen LogP contribution in [0.2, 0.25) is 0 Å². The van der Waals surface area contributed by atoms with Gasteiger partial charge < -0.3 is 5.32 Å². The maximum absolute atomic E-state index is 13.9. The number of nitrogens with one attached hydrogen (secondary N) is 1. The molecule has 0 bridgehead atoms. The molecule has 2 aliphatic carbocycles. The van der Waals surface area contributed by atoms with E-state index in [1.807, 2.05) is 24.3 Å². The summed E-state index contributed by atoms with van der Waals surface area (Å²) in [5, 5.41) is 8.91. The van der Waals surface area contributed by atoms with Crippen LogP contribution >= 0.6 is 11.5 Å². The molecule has 1 aromatic carbocycles. The highest BCUT2D eigenvalue weighted by Crippen LogP contribution is 2.36. The Morgan fingerprint density at radius 2 is 1.82 bits per heavy atom. The number of rotatable bonds is 6. The van der Waals surface area contributed by atoms with Crippen molar-refractivity contribution >= 4 is 29.0 Å². The first-order chi connectivity index (χ1) is 16.2. The van der Waals surface area contributed by atoms with Gasteiger partial charge in [-0.1, -0.05) is 29.5 Å². The van der Waals surface area contributed by atoms with E-state index in [1.54, 1.807) is 22.7 Å². The summed E-state index contributed by atoms with van der Waals surface area (Å²) >= 11 is 1.13. The molecule has 7 nitrogen and oxygen atoms in total. The Morgan fingerprint density at radius 3 is 2.58 bits per heavy atom. The van der Waals surface area contributed by atoms with Crippen LogP contribution in [0.4, 0.5) is 5.69 Å². The fourth-order valence-corrected chi connectivity index (χ4v) is 5.48. The van der Waals surface area contributed by atoms with Gasteiger partial charge in [0.05, 0.1) is 0 Å². The normalized spacial score (nSPS) is 16.7.